The van der Waals surface area contributed by atoms with Crippen molar-refractivity contribution < 1.29 is 61.7 Å². The van der Waals surface area contributed by atoms with Crippen molar-refractivity contribution in [2.45, 2.75) is 248 Å². The maximum Gasteiger partial charge on any atom is 0.199 e. The number of aliphatic hydroxyl groups is 1. The number of fused-ring (bicyclic) bond motifs is 6. The third kappa shape index (κ3) is 16.9. The molecule has 1 unspecified atom stereocenters. The number of Topliss-reactive ketones (excluding diaryl/α,β-unsaturated/α-hetero) is 1. The fourth-order valence-electron chi connectivity index (χ4n) is 14.2. The number of carbonyl (C=O) groups is 1. The van der Waals surface area contributed by atoms with Gasteiger partial charge in [-0.25, -0.2) is 0 Å². The molecule has 8 rings (SSSR count). The van der Waals surface area contributed by atoms with Gasteiger partial charge in [0.2, 0.25) is 0 Å². The van der Waals surface area contributed by atoms with Crippen molar-refractivity contribution in [3.05, 3.63) is 108 Å². The topological polar surface area (TPSA) is 139 Å². The van der Waals surface area contributed by atoms with Crippen LogP contribution in [0.2, 0.25) is 43.8 Å². The third-order valence-corrected chi connectivity index (χ3v) is 26.2. The average molecular weight is 1190 g/mol. The summed E-state index contributed by atoms with van der Waals surface area (Å²) in [5.74, 6) is -1.94. The Labute approximate surface area is 501 Å². The second kappa shape index (κ2) is 30.0. The zero-order chi connectivity index (χ0) is 59.3. The van der Waals surface area contributed by atoms with Crippen LogP contribution in [0.3, 0.4) is 0 Å². The van der Waals surface area contributed by atoms with E-state index in [1.54, 1.807) is 7.11 Å². The predicted molar refractivity (Wildman–Crippen MR) is 331 cm³/mol. The van der Waals surface area contributed by atoms with Crippen LogP contribution in [-0.2, 0) is 63.2 Å². The first-order valence-corrected chi connectivity index (χ1v) is 38.3. The first-order valence-electron chi connectivity index (χ1n) is 32.1. The van der Waals surface area contributed by atoms with Crippen molar-refractivity contribution in [3.8, 4) is 0 Å². The number of ether oxygens (including phenoxy) is 10. The van der Waals surface area contributed by atoms with E-state index in [1.165, 1.54) is 0 Å². The van der Waals surface area contributed by atoms with Crippen molar-refractivity contribution in [2.24, 2.45) is 23.2 Å². The second-order valence-electron chi connectivity index (χ2n) is 27.0. The molecule has 15 heteroatoms. The van der Waals surface area contributed by atoms with Crippen molar-refractivity contribution in [1.29, 1.82) is 0 Å². The Bertz CT molecular complexity index is 2390. The van der Waals surface area contributed by atoms with E-state index < -0.39 is 75.6 Å². The molecule has 5 heterocycles. The highest BCUT2D eigenvalue weighted by atomic mass is 28.4. The van der Waals surface area contributed by atoms with Crippen molar-refractivity contribution in [3.63, 3.8) is 0 Å². The van der Waals surface area contributed by atoms with Gasteiger partial charge >= 0.3 is 0 Å². The molecule has 464 valence electrons. The van der Waals surface area contributed by atoms with Crippen LogP contribution in [0.1, 0.15) is 155 Å². The summed E-state index contributed by atoms with van der Waals surface area (Å²) < 4.78 is 75.3. The molecule has 6 aliphatic rings. The first-order chi connectivity index (χ1) is 39.8. The molecule has 14 atom stereocenters. The molecule has 2 aromatic rings. The highest BCUT2D eigenvalue weighted by Gasteiger charge is 2.65. The minimum Gasteiger partial charge on any atom is -0.406 e. The van der Waals surface area contributed by atoms with Crippen LogP contribution in [0.25, 0.3) is 0 Å². The van der Waals surface area contributed by atoms with Crippen LogP contribution in [0.5, 0.6) is 0 Å². The summed E-state index contributed by atoms with van der Waals surface area (Å²) in [4.78, 5) is 16.2. The van der Waals surface area contributed by atoms with E-state index in [0.717, 1.165) is 78.6 Å². The van der Waals surface area contributed by atoms with Crippen LogP contribution >= 0.6 is 0 Å². The minimum absolute atomic E-state index is 0.00351. The summed E-state index contributed by atoms with van der Waals surface area (Å²) in [5.41, 5.74) is 2.56. The van der Waals surface area contributed by atoms with Gasteiger partial charge in [-0.15, -0.1) is 0 Å². The van der Waals surface area contributed by atoms with Gasteiger partial charge in [0, 0.05) is 77.4 Å². The van der Waals surface area contributed by atoms with E-state index in [1.807, 2.05) is 60.7 Å². The van der Waals surface area contributed by atoms with Gasteiger partial charge in [-0.1, -0.05) is 145 Å². The Hall–Kier alpha value is -2.72. The largest absolute Gasteiger partial charge is 0.406 e. The summed E-state index contributed by atoms with van der Waals surface area (Å²) in [6.45, 7) is 27.5. The fourth-order valence-corrected chi connectivity index (χ4v) is 18.1. The van der Waals surface area contributed by atoms with Crippen LogP contribution in [0.15, 0.2) is 96.6 Å². The molecule has 0 radical (unpaired) electrons. The quantitative estimate of drug-likeness (QED) is 0.0489. The average Bonchev–Trinajstić information content (AvgIpc) is 2.13. The van der Waals surface area contributed by atoms with E-state index >= 15 is 4.79 Å². The van der Waals surface area contributed by atoms with Crippen molar-refractivity contribution >= 4 is 22.2 Å². The number of ketones is 1. The van der Waals surface area contributed by atoms with E-state index in [9.17, 15) is 5.11 Å². The molecular weight excluding hydrogens is 1080 g/mol. The number of methoxy groups -OCH3 is 1. The molecule has 0 saturated carbocycles. The number of hydrogen-bond acceptors (Lipinski definition) is 13. The molecule has 6 bridgehead atoms. The highest BCUT2D eigenvalue weighted by Crippen LogP contribution is 2.57. The number of benzene rings is 2. The zero-order valence-corrected chi connectivity index (χ0v) is 54.5. The van der Waals surface area contributed by atoms with Crippen LogP contribution in [-0.4, -0.2) is 122 Å². The lowest BCUT2D eigenvalue weighted by molar-refractivity contribution is -0.398. The van der Waals surface area contributed by atoms with Gasteiger partial charge in [-0.05, 0) is 118 Å². The summed E-state index contributed by atoms with van der Waals surface area (Å²) in [5, 5.41) is 12.2. The van der Waals surface area contributed by atoms with Gasteiger partial charge < -0.3 is 56.9 Å². The molecule has 13 nitrogen and oxygen atoms in total. The summed E-state index contributed by atoms with van der Waals surface area (Å²) in [7, 11) is -1.93. The van der Waals surface area contributed by atoms with Gasteiger partial charge in [0.25, 0.3) is 0 Å². The Morgan fingerprint density at radius 1 is 0.783 bits per heavy atom. The maximum absolute atomic E-state index is 16.2. The summed E-state index contributed by atoms with van der Waals surface area (Å²) >= 11 is 0. The lowest BCUT2D eigenvalue weighted by Gasteiger charge is -2.55. The smallest absolute Gasteiger partial charge is 0.199 e. The first kappa shape index (κ1) is 66.2. The minimum atomic E-state index is -2.13. The highest BCUT2D eigenvalue weighted by molar-refractivity contribution is 6.76. The van der Waals surface area contributed by atoms with Gasteiger partial charge in [0.05, 0.1) is 37.6 Å². The number of carbonyl (C=O) groups excluding carboxylic acids is 1. The fraction of sp³-hybridized carbons (Fsp3) is 0.721. The normalized spacial score (nSPS) is 34.2. The molecule has 2 spiro atoms. The lowest BCUT2D eigenvalue weighted by Crippen LogP contribution is -2.65. The zero-order valence-electron chi connectivity index (χ0n) is 52.5. The molecule has 2 aromatic carbocycles. The van der Waals surface area contributed by atoms with Crippen LogP contribution in [0, 0.1) is 23.2 Å². The third-order valence-electron chi connectivity index (χ3n) is 19.7. The van der Waals surface area contributed by atoms with E-state index in [-0.39, 0.29) is 43.4 Å². The van der Waals surface area contributed by atoms with Crippen molar-refractivity contribution in [2.75, 3.05) is 40.5 Å². The number of hydrogen-bond donors (Lipinski definition) is 1. The Kier molecular flexibility index (Phi) is 23.9. The molecule has 83 heavy (non-hydrogen) atoms. The molecule has 1 N–H and O–H groups in total. The molecule has 5 aliphatic heterocycles. The summed E-state index contributed by atoms with van der Waals surface area (Å²) in [6, 6.07) is 24.3. The second-order valence-corrected chi connectivity index (χ2v) is 37.3. The number of rotatable bonds is 23. The van der Waals surface area contributed by atoms with Gasteiger partial charge in [0.15, 0.2) is 26.2 Å². The maximum atomic E-state index is 16.2. The molecule has 0 amide bonds. The molecule has 0 aromatic heterocycles. The van der Waals surface area contributed by atoms with E-state index in [0.29, 0.717) is 90.6 Å². The Balaban J connectivity index is 1.20. The van der Waals surface area contributed by atoms with E-state index in [4.69, 9.17) is 58.4 Å². The lowest BCUT2D eigenvalue weighted by atomic mass is 9.57. The molecular formula is C68H106O13Si2. The molecule has 4 saturated heterocycles. The molecule has 4 fully saturated rings. The van der Waals surface area contributed by atoms with Crippen molar-refractivity contribution in [1.82, 2.24) is 0 Å². The molecule has 1 aliphatic carbocycles. The number of aliphatic hydroxyl groups excluding tert-OH is 1. The predicted octanol–water partition coefficient (Wildman–Crippen LogP) is 14.7. The Morgan fingerprint density at radius 2 is 1.53 bits per heavy atom. The summed E-state index contributed by atoms with van der Waals surface area (Å²) in [6.07, 6.45) is 11.8. The van der Waals surface area contributed by atoms with Crippen LogP contribution in [0.4, 0.5) is 0 Å². The van der Waals surface area contributed by atoms with E-state index in [2.05, 4.69) is 79.4 Å². The van der Waals surface area contributed by atoms with Gasteiger partial charge in [-0.3, -0.25) is 4.79 Å². The van der Waals surface area contributed by atoms with Gasteiger partial charge in [0.1, 0.15) is 37.2 Å². The monoisotopic (exact) mass is 1190 g/mol. The Morgan fingerprint density at radius 3 is 2.25 bits per heavy atom. The van der Waals surface area contributed by atoms with Crippen LogP contribution < -0.4 is 0 Å². The van der Waals surface area contributed by atoms with Gasteiger partial charge in [-0.2, -0.15) is 0 Å². The standard InChI is InChI=1S/C68H106O13Si2/c1-12-83(13-2,14-3)81-65(7)35-33-58-41-50(4)23-21-29-61(70)66(44-51(5)52(6)45-73-46-53-24-17-15-18-25-53)36-32-54(47-74-48-71-8)42-59(66)62-63(75-49-72-39-40-82(9,10)11)60(76-64(77-62)55-26-19-16-20-27-55)31-30-56(69)43-57-28-22-34-67(78-57)37-38-68(65,79-58)80-67/h15-20,24-27,30-31,42,51-52,56-60,62-64,69H,4,12-14,21-23,28-29,32-41,43-49H2,1-3,5-11H3/b31-30+/t51-,52-,56?,57+,58-,59+,60+,62-,63+,64+,65+,66+,67+,68+/m0/s1. The SMILES string of the molecule is C=C1CCCC(=O)[C@@]2(C[C@H](C)[C@@H](C)COCc3ccccc3)CCC(COCOC)=C[C@@H]2[C@@H]2O[C@H](c3ccccc3)O[C@H](/C=C/C(O)C[C@H]3CCC[C@@]4(CC[C@@]5(O[C@@H](CC[C@@]5(C)O[Si](CC)(CC)CC)C1)O4)O3)[C@H]2OCOCC[Si](C)(C)C.